The molecule has 1 heterocycles. The summed E-state index contributed by atoms with van der Waals surface area (Å²) in [7, 11) is 7.05. The zero-order chi connectivity index (χ0) is 28.2. The van der Waals surface area contributed by atoms with E-state index in [1.165, 1.54) is 13.3 Å². The molecule has 11 heteroatoms. The van der Waals surface area contributed by atoms with Crippen LogP contribution in [0.1, 0.15) is 18.9 Å². The van der Waals surface area contributed by atoms with Gasteiger partial charge in [0.05, 0.1) is 30.7 Å². The SMILES string of the molecule is COC(=C/CCN(C)/C=C(/O)C=N)/C=C(\C)C(=O)Nc1ccc(Cl)c(C2=NC/C(=C\C=C(/N)N(C)C)N2)c1. The molecular formula is C27H36ClN7O3. The predicted molar refractivity (Wildman–Crippen MR) is 154 cm³/mol. The molecule has 1 amide bonds. The Morgan fingerprint density at radius 2 is 2.11 bits per heavy atom. The van der Waals surface area contributed by atoms with E-state index in [1.54, 1.807) is 49.2 Å². The zero-order valence-corrected chi connectivity index (χ0v) is 23.1. The highest BCUT2D eigenvalue weighted by Gasteiger charge is 2.16. The molecule has 0 unspecified atom stereocenters. The van der Waals surface area contributed by atoms with E-state index in [0.29, 0.717) is 58.8 Å². The van der Waals surface area contributed by atoms with Crippen molar-refractivity contribution in [2.24, 2.45) is 10.7 Å². The van der Waals surface area contributed by atoms with Crippen LogP contribution in [0.25, 0.3) is 0 Å². The monoisotopic (exact) mass is 541 g/mol. The molecule has 1 aliphatic rings. The first kappa shape index (κ1) is 30.0. The Morgan fingerprint density at radius 1 is 1.37 bits per heavy atom. The van der Waals surface area contributed by atoms with Crippen LogP contribution >= 0.6 is 11.6 Å². The van der Waals surface area contributed by atoms with Crippen molar-refractivity contribution in [3.63, 3.8) is 0 Å². The first-order valence-corrected chi connectivity index (χ1v) is 12.2. The average molecular weight is 542 g/mol. The topological polar surface area (TPSA) is 139 Å². The van der Waals surface area contributed by atoms with Gasteiger partial charge in [0.15, 0.2) is 0 Å². The minimum Gasteiger partial charge on any atom is -0.505 e. The van der Waals surface area contributed by atoms with Crippen molar-refractivity contribution in [1.82, 2.24) is 15.1 Å². The molecule has 0 radical (unpaired) electrons. The molecule has 204 valence electrons. The number of nitrogens with zero attached hydrogens (tertiary/aromatic N) is 3. The van der Waals surface area contributed by atoms with Crippen molar-refractivity contribution in [2.75, 3.05) is 46.7 Å². The summed E-state index contributed by atoms with van der Waals surface area (Å²) in [5, 5.41) is 23.1. The van der Waals surface area contributed by atoms with Crippen molar-refractivity contribution >= 4 is 35.2 Å². The van der Waals surface area contributed by atoms with Crippen molar-refractivity contribution < 1.29 is 14.6 Å². The Hall–Kier alpha value is -4.18. The fraction of sp³-hybridized carbons (Fsp3) is 0.296. The van der Waals surface area contributed by atoms with Gasteiger partial charge in [-0.15, -0.1) is 0 Å². The number of nitrogens with one attached hydrogen (secondary N) is 3. The first-order chi connectivity index (χ1) is 18.0. The average Bonchev–Trinajstić information content (AvgIpc) is 3.36. The molecule has 0 aromatic heterocycles. The van der Waals surface area contributed by atoms with E-state index in [1.807, 2.05) is 31.1 Å². The largest absolute Gasteiger partial charge is 0.505 e. The second-order valence-corrected chi connectivity index (χ2v) is 9.13. The molecule has 10 nitrogen and oxygen atoms in total. The van der Waals surface area contributed by atoms with Crippen LogP contribution in [0, 0.1) is 5.41 Å². The van der Waals surface area contributed by atoms with Crippen LogP contribution in [0.3, 0.4) is 0 Å². The van der Waals surface area contributed by atoms with E-state index in [4.69, 9.17) is 27.5 Å². The van der Waals surface area contributed by atoms with Gasteiger partial charge in [0, 0.05) is 56.4 Å². The maximum Gasteiger partial charge on any atom is 0.251 e. The Balaban J connectivity index is 2.07. The van der Waals surface area contributed by atoms with Crippen molar-refractivity contribution in [3.8, 4) is 0 Å². The summed E-state index contributed by atoms with van der Waals surface area (Å²) in [5.74, 6) is 1.35. The molecule has 1 aliphatic heterocycles. The van der Waals surface area contributed by atoms with E-state index in [9.17, 15) is 9.90 Å². The van der Waals surface area contributed by atoms with E-state index < -0.39 is 0 Å². The number of hydrogen-bond donors (Lipinski definition) is 5. The highest BCUT2D eigenvalue weighted by atomic mass is 35.5. The highest BCUT2D eigenvalue weighted by molar-refractivity contribution is 6.34. The quantitative estimate of drug-likeness (QED) is 0.118. The van der Waals surface area contributed by atoms with Crippen LogP contribution in [-0.2, 0) is 9.53 Å². The lowest BCUT2D eigenvalue weighted by Gasteiger charge is -2.13. The molecule has 0 spiro atoms. The Morgan fingerprint density at radius 3 is 2.76 bits per heavy atom. The van der Waals surface area contributed by atoms with Gasteiger partial charge in [-0.05, 0) is 55.8 Å². The molecule has 0 aliphatic carbocycles. The molecule has 6 N–H and O–H groups in total. The van der Waals surface area contributed by atoms with E-state index >= 15 is 0 Å². The van der Waals surface area contributed by atoms with Crippen LogP contribution in [0.4, 0.5) is 5.69 Å². The van der Waals surface area contributed by atoms with Crippen LogP contribution in [0.5, 0.6) is 0 Å². The minimum atomic E-state index is -0.289. The molecule has 1 aromatic rings. The third-order valence-corrected chi connectivity index (χ3v) is 5.75. The second-order valence-electron chi connectivity index (χ2n) is 8.72. The van der Waals surface area contributed by atoms with Crippen LogP contribution in [-0.4, -0.2) is 74.2 Å². The number of allylic oxidation sites excluding steroid dienone is 4. The molecule has 0 atom stereocenters. The normalized spacial score (nSPS) is 15.6. The molecule has 38 heavy (non-hydrogen) atoms. The summed E-state index contributed by atoms with van der Waals surface area (Å²) in [4.78, 5) is 20.9. The summed E-state index contributed by atoms with van der Waals surface area (Å²) in [6.45, 7) is 2.75. The van der Waals surface area contributed by atoms with Crippen LogP contribution in [0.2, 0.25) is 5.02 Å². The second kappa shape index (κ2) is 14.5. The molecule has 0 fully saturated rings. The number of halogens is 1. The van der Waals surface area contributed by atoms with Crippen molar-refractivity contribution in [2.45, 2.75) is 13.3 Å². The number of methoxy groups -OCH3 is 1. The smallest absolute Gasteiger partial charge is 0.251 e. The molecule has 0 bridgehead atoms. The number of rotatable bonds is 12. The number of carbonyl (C=O) groups is 1. The molecular weight excluding hydrogens is 506 g/mol. The van der Waals surface area contributed by atoms with Gasteiger partial charge >= 0.3 is 0 Å². The summed E-state index contributed by atoms with van der Waals surface area (Å²) in [6, 6.07) is 5.21. The molecule has 0 saturated carbocycles. The molecule has 0 saturated heterocycles. The summed E-state index contributed by atoms with van der Waals surface area (Å²) in [5.41, 5.74) is 8.51. The van der Waals surface area contributed by atoms with Gasteiger partial charge < -0.3 is 41.4 Å². The van der Waals surface area contributed by atoms with Crippen molar-refractivity contribution in [1.29, 1.82) is 5.41 Å². The van der Waals surface area contributed by atoms with Gasteiger partial charge in [0.25, 0.3) is 5.91 Å². The first-order valence-electron chi connectivity index (χ1n) is 11.8. The Labute approximate surface area is 229 Å². The van der Waals surface area contributed by atoms with Gasteiger partial charge in [-0.3, -0.25) is 9.79 Å². The Kier molecular flexibility index (Phi) is 11.5. The zero-order valence-electron chi connectivity index (χ0n) is 22.4. The number of nitrogens with two attached hydrogens (primary N) is 1. The van der Waals surface area contributed by atoms with Gasteiger partial charge in [0.1, 0.15) is 17.4 Å². The fourth-order valence-corrected chi connectivity index (χ4v) is 3.42. The maximum atomic E-state index is 12.8. The highest BCUT2D eigenvalue weighted by Crippen LogP contribution is 2.23. The van der Waals surface area contributed by atoms with Gasteiger partial charge in [0.2, 0.25) is 0 Å². The lowest BCUT2D eigenvalue weighted by Crippen LogP contribution is -2.20. The van der Waals surface area contributed by atoms with E-state index in [2.05, 4.69) is 15.6 Å². The van der Waals surface area contributed by atoms with E-state index in [-0.39, 0.29) is 11.7 Å². The van der Waals surface area contributed by atoms with Gasteiger partial charge in [-0.25, -0.2) is 0 Å². The number of aliphatic hydroxyl groups excluding tert-OH is 1. The fourth-order valence-electron chi connectivity index (χ4n) is 3.21. The summed E-state index contributed by atoms with van der Waals surface area (Å²) < 4.78 is 5.39. The lowest BCUT2D eigenvalue weighted by molar-refractivity contribution is -0.112. The summed E-state index contributed by atoms with van der Waals surface area (Å²) >= 11 is 6.43. The van der Waals surface area contributed by atoms with Crippen LogP contribution < -0.4 is 16.4 Å². The number of hydrogen-bond acceptors (Lipinski definition) is 9. The third-order valence-electron chi connectivity index (χ3n) is 5.42. The maximum absolute atomic E-state index is 12.8. The minimum absolute atomic E-state index is 0.128. The standard InChI is InChI=1S/C27H36ClN7O3/c1-18(13-22(38-5)7-6-12-35(4)17-21(36)15-29)27(37)33-19-8-10-24(28)23(14-19)26-31-16-20(32-26)9-11-25(30)34(2)3/h7-11,13-15,17,29,36H,6,12,16,30H2,1-5H3,(H,31,32)(H,33,37)/b18-13+,20-9+,21-17+,22-7+,25-11+,29-15?. The number of anilines is 1. The number of amidine groups is 1. The number of carbonyl (C=O) groups excluding carboxylic acids is 1. The number of aliphatic imine (C=N–C) groups is 1. The third kappa shape index (κ3) is 9.36. The summed E-state index contributed by atoms with van der Waals surface area (Å²) in [6.07, 6.45) is 10.1. The van der Waals surface area contributed by atoms with Crippen LogP contribution in [0.15, 0.2) is 82.3 Å². The number of aliphatic hydroxyl groups is 1. The number of benzene rings is 1. The van der Waals surface area contributed by atoms with E-state index in [0.717, 1.165) is 11.9 Å². The predicted octanol–water partition coefficient (Wildman–Crippen LogP) is 3.72. The lowest BCUT2D eigenvalue weighted by atomic mass is 10.1. The van der Waals surface area contributed by atoms with Gasteiger partial charge in [-0.2, -0.15) is 0 Å². The number of ether oxygens (including phenoxy) is 1. The van der Waals surface area contributed by atoms with Crippen molar-refractivity contribution in [3.05, 3.63) is 87.9 Å². The molecule has 2 rings (SSSR count). The Bertz CT molecular complexity index is 1210. The number of amides is 1. The van der Waals surface area contributed by atoms with Gasteiger partial charge in [-0.1, -0.05) is 11.6 Å². The molecule has 1 aromatic carbocycles.